The molecule has 0 radical (unpaired) electrons. The molecule has 2 heterocycles. The Balaban J connectivity index is 1.49. The van der Waals surface area contributed by atoms with Crippen molar-refractivity contribution in [2.24, 2.45) is 0 Å². The lowest BCUT2D eigenvalue weighted by molar-refractivity contribution is -0.0908. The minimum absolute atomic E-state index is 0.0307. The second-order valence-corrected chi connectivity index (χ2v) is 7.60. The van der Waals surface area contributed by atoms with E-state index in [-0.39, 0.29) is 36.6 Å². The van der Waals surface area contributed by atoms with Gasteiger partial charge in [-0.25, -0.2) is 9.18 Å². The molecule has 29 heavy (non-hydrogen) atoms. The number of urea groups is 1. The Labute approximate surface area is 169 Å². The fourth-order valence-electron chi connectivity index (χ4n) is 3.42. The molecule has 3 rings (SSSR count). The van der Waals surface area contributed by atoms with Crippen molar-refractivity contribution in [1.29, 1.82) is 0 Å². The molecule has 1 aliphatic rings. The maximum atomic E-state index is 13.0. The summed E-state index contributed by atoms with van der Waals surface area (Å²) < 4.78 is 20.8. The molecule has 8 nitrogen and oxygen atoms in total. The zero-order valence-corrected chi connectivity index (χ0v) is 16.7. The lowest BCUT2D eigenvalue weighted by Gasteiger charge is -2.36. The van der Waals surface area contributed by atoms with Gasteiger partial charge in [0.15, 0.2) is 0 Å². The number of aromatic nitrogens is 3. The van der Waals surface area contributed by atoms with Gasteiger partial charge in [-0.05, 0) is 57.4 Å². The minimum Gasteiger partial charge on any atom is -0.394 e. The second kappa shape index (κ2) is 9.80. The summed E-state index contributed by atoms with van der Waals surface area (Å²) in [7, 11) is 0. The number of aryl methyl sites for hydroxylation is 1. The van der Waals surface area contributed by atoms with Crippen LogP contribution in [0.2, 0.25) is 0 Å². The molecule has 3 N–H and O–H groups in total. The van der Waals surface area contributed by atoms with Gasteiger partial charge in [-0.3, -0.25) is 4.68 Å². The van der Waals surface area contributed by atoms with Crippen LogP contribution < -0.4 is 10.6 Å². The highest BCUT2D eigenvalue weighted by Crippen LogP contribution is 2.23. The Bertz CT molecular complexity index is 796. The van der Waals surface area contributed by atoms with Crippen LogP contribution in [-0.4, -0.2) is 57.0 Å². The van der Waals surface area contributed by atoms with Crippen LogP contribution in [0.1, 0.15) is 33.1 Å². The van der Waals surface area contributed by atoms with Gasteiger partial charge in [0, 0.05) is 18.2 Å². The summed E-state index contributed by atoms with van der Waals surface area (Å²) in [6.07, 6.45) is 3.59. The van der Waals surface area contributed by atoms with E-state index in [0.29, 0.717) is 18.7 Å². The molecule has 2 amide bonds. The van der Waals surface area contributed by atoms with Gasteiger partial charge in [0.05, 0.1) is 24.9 Å². The molecule has 0 unspecified atom stereocenters. The zero-order chi connectivity index (χ0) is 20.8. The van der Waals surface area contributed by atoms with Crippen LogP contribution >= 0.6 is 0 Å². The molecule has 1 saturated heterocycles. The van der Waals surface area contributed by atoms with E-state index >= 15 is 0 Å². The number of hydrogen-bond donors (Lipinski definition) is 3. The van der Waals surface area contributed by atoms with Crippen LogP contribution in [0.4, 0.5) is 9.18 Å². The molecule has 0 aliphatic carbocycles. The van der Waals surface area contributed by atoms with Crippen molar-refractivity contribution in [3.63, 3.8) is 0 Å². The van der Waals surface area contributed by atoms with Crippen LogP contribution in [0.5, 0.6) is 0 Å². The largest absolute Gasteiger partial charge is 0.394 e. The van der Waals surface area contributed by atoms with Crippen molar-refractivity contribution in [3.8, 4) is 11.3 Å². The second-order valence-electron chi connectivity index (χ2n) is 7.60. The summed E-state index contributed by atoms with van der Waals surface area (Å²) in [6, 6.07) is 5.70. The van der Waals surface area contributed by atoms with Crippen LogP contribution in [0, 0.1) is 5.82 Å². The zero-order valence-electron chi connectivity index (χ0n) is 16.7. The van der Waals surface area contributed by atoms with E-state index in [0.717, 1.165) is 18.4 Å². The van der Waals surface area contributed by atoms with E-state index in [9.17, 15) is 14.3 Å². The standard InChI is InChI=1S/C20H28FN5O3/c1-13(2)22-20(28)23-17-8-7-16(29-19(17)12-27)9-10-26-11-18(24-25-26)14-3-5-15(21)6-4-14/h3-6,11,13,16-17,19,27H,7-10,12H2,1-2H3,(H2,22,23,28)/t16-,17-,19-/m1/s1. The Morgan fingerprint density at radius 3 is 2.79 bits per heavy atom. The van der Waals surface area contributed by atoms with E-state index < -0.39 is 6.10 Å². The number of hydrogen-bond acceptors (Lipinski definition) is 5. The number of nitrogens with one attached hydrogen (secondary N) is 2. The number of carbonyl (C=O) groups is 1. The molecule has 3 atom stereocenters. The summed E-state index contributed by atoms with van der Waals surface area (Å²) in [4.78, 5) is 11.9. The highest BCUT2D eigenvalue weighted by molar-refractivity contribution is 5.74. The maximum Gasteiger partial charge on any atom is 0.315 e. The summed E-state index contributed by atoms with van der Waals surface area (Å²) >= 11 is 0. The average Bonchev–Trinajstić information content (AvgIpc) is 3.16. The third kappa shape index (κ3) is 5.98. The number of aliphatic hydroxyl groups excluding tert-OH is 1. The third-order valence-electron chi connectivity index (χ3n) is 4.89. The Kier molecular flexibility index (Phi) is 7.16. The van der Waals surface area contributed by atoms with E-state index in [1.807, 2.05) is 20.0 Å². The third-order valence-corrected chi connectivity index (χ3v) is 4.89. The lowest BCUT2D eigenvalue weighted by Crippen LogP contribution is -2.54. The fraction of sp³-hybridized carbons (Fsp3) is 0.550. The van der Waals surface area contributed by atoms with Gasteiger partial charge in [-0.2, -0.15) is 0 Å². The lowest BCUT2D eigenvalue weighted by atomic mass is 9.97. The molecular weight excluding hydrogens is 377 g/mol. The number of amides is 2. The molecule has 2 aromatic rings. The molecule has 1 aromatic carbocycles. The van der Waals surface area contributed by atoms with Gasteiger partial charge in [0.25, 0.3) is 0 Å². The number of aliphatic hydroxyl groups is 1. The normalized spacial score (nSPS) is 21.9. The number of nitrogens with zero attached hydrogens (tertiary/aromatic N) is 3. The first-order chi connectivity index (χ1) is 13.9. The average molecular weight is 405 g/mol. The van der Waals surface area contributed by atoms with Crippen molar-refractivity contribution >= 4 is 6.03 Å². The van der Waals surface area contributed by atoms with Crippen LogP contribution in [0.25, 0.3) is 11.3 Å². The Morgan fingerprint density at radius 2 is 2.10 bits per heavy atom. The molecule has 0 saturated carbocycles. The number of benzene rings is 1. The van der Waals surface area contributed by atoms with Crippen molar-refractivity contribution in [2.75, 3.05) is 6.61 Å². The van der Waals surface area contributed by atoms with Crippen LogP contribution in [0.15, 0.2) is 30.5 Å². The molecule has 9 heteroatoms. The molecule has 158 valence electrons. The van der Waals surface area contributed by atoms with Gasteiger partial charge in [0.1, 0.15) is 17.6 Å². The van der Waals surface area contributed by atoms with Crippen LogP contribution in [0.3, 0.4) is 0 Å². The maximum absolute atomic E-state index is 13.0. The van der Waals surface area contributed by atoms with E-state index in [4.69, 9.17) is 4.74 Å². The summed E-state index contributed by atoms with van der Waals surface area (Å²) in [5, 5.41) is 23.6. The van der Waals surface area contributed by atoms with Gasteiger partial charge in [-0.1, -0.05) is 5.21 Å². The molecule has 1 aliphatic heterocycles. The number of carbonyl (C=O) groups excluding carboxylic acids is 1. The Morgan fingerprint density at radius 1 is 1.34 bits per heavy atom. The predicted octanol–water partition coefficient (Wildman–Crippen LogP) is 2.09. The number of rotatable bonds is 7. The highest BCUT2D eigenvalue weighted by atomic mass is 19.1. The summed E-state index contributed by atoms with van der Waals surface area (Å²) in [5.74, 6) is -0.288. The molecule has 1 fully saturated rings. The smallest absolute Gasteiger partial charge is 0.315 e. The first kappa shape index (κ1) is 21.2. The topological polar surface area (TPSA) is 101 Å². The van der Waals surface area contributed by atoms with Crippen molar-refractivity contribution in [2.45, 2.75) is 63.9 Å². The SMILES string of the molecule is CC(C)NC(=O)N[C@@H]1CC[C@H](CCn2cc(-c3ccc(F)cc3)nn2)O[C@@H]1CO. The van der Waals surface area contributed by atoms with Gasteiger partial charge in [-0.15, -0.1) is 5.10 Å². The quantitative estimate of drug-likeness (QED) is 0.655. The van der Waals surface area contributed by atoms with Gasteiger partial charge < -0.3 is 20.5 Å². The van der Waals surface area contributed by atoms with Gasteiger partial charge in [0.2, 0.25) is 0 Å². The van der Waals surface area contributed by atoms with Crippen LogP contribution in [-0.2, 0) is 11.3 Å². The van der Waals surface area contributed by atoms with Crippen molar-refractivity contribution in [3.05, 3.63) is 36.3 Å². The molecule has 1 aromatic heterocycles. The summed E-state index contributed by atoms with van der Waals surface area (Å²) in [6.45, 7) is 4.24. The molecular formula is C20H28FN5O3. The fourth-order valence-corrected chi connectivity index (χ4v) is 3.42. The summed E-state index contributed by atoms with van der Waals surface area (Å²) in [5.41, 5.74) is 1.49. The first-order valence-corrected chi connectivity index (χ1v) is 9.94. The number of halogens is 1. The van der Waals surface area contributed by atoms with Crippen molar-refractivity contribution < 1.29 is 19.0 Å². The minimum atomic E-state index is -0.433. The predicted molar refractivity (Wildman–Crippen MR) is 106 cm³/mol. The Hall–Kier alpha value is -2.52. The van der Waals surface area contributed by atoms with E-state index in [1.165, 1.54) is 12.1 Å². The monoisotopic (exact) mass is 405 g/mol. The van der Waals surface area contributed by atoms with E-state index in [2.05, 4.69) is 20.9 Å². The molecule has 0 spiro atoms. The van der Waals surface area contributed by atoms with E-state index in [1.54, 1.807) is 16.8 Å². The number of ether oxygens (including phenoxy) is 1. The molecule has 0 bridgehead atoms. The van der Waals surface area contributed by atoms with Crippen molar-refractivity contribution in [1.82, 2.24) is 25.6 Å². The van der Waals surface area contributed by atoms with Gasteiger partial charge >= 0.3 is 6.03 Å². The highest BCUT2D eigenvalue weighted by Gasteiger charge is 2.31. The first-order valence-electron chi connectivity index (χ1n) is 9.94.